The molecule has 1 aromatic carbocycles. The van der Waals surface area contributed by atoms with Crippen molar-refractivity contribution in [1.82, 2.24) is 9.88 Å². The van der Waals surface area contributed by atoms with Crippen LogP contribution in [0.2, 0.25) is 5.02 Å². The highest BCUT2D eigenvalue weighted by Crippen LogP contribution is 2.47. The van der Waals surface area contributed by atoms with E-state index in [1.54, 1.807) is 6.20 Å². The molecule has 0 unspecified atom stereocenters. The molecule has 2 aliphatic carbocycles. The van der Waals surface area contributed by atoms with Crippen LogP contribution in [0.4, 0.5) is 11.4 Å². The van der Waals surface area contributed by atoms with Crippen molar-refractivity contribution in [3.05, 3.63) is 58.9 Å². The zero-order chi connectivity index (χ0) is 23.1. The predicted octanol–water partition coefficient (Wildman–Crippen LogP) is 3.44. The Balaban J connectivity index is 1.40. The van der Waals surface area contributed by atoms with Crippen LogP contribution in [-0.4, -0.2) is 54.8 Å². The van der Waals surface area contributed by atoms with Crippen LogP contribution < -0.4 is 15.8 Å². The van der Waals surface area contributed by atoms with Gasteiger partial charge >= 0.3 is 0 Å². The van der Waals surface area contributed by atoms with Crippen LogP contribution in [0.5, 0.6) is 5.75 Å². The van der Waals surface area contributed by atoms with E-state index in [1.807, 2.05) is 38.4 Å². The summed E-state index contributed by atoms with van der Waals surface area (Å²) in [4.78, 5) is 23.7. The number of nitrogens with two attached hydrogens (primary N) is 1. The minimum Gasteiger partial charge on any atom is -0.492 e. The van der Waals surface area contributed by atoms with Gasteiger partial charge in [0.25, 0.3) is 0 Å². The van der Waals surface area contributed by atoms with Gasteiger partial charge in [-0.05, 0) is 44.5 Å². The van der Waals surface area contributed by atoms with Gasteiger partial charge in [-0.25, -0.2) is 4.99 Å². The third-order valence-corrected chi connectivity index (χ3v) is 7.02. The number of nitrogens with one attached hydrogen (secondary N) is 1. The quantitative estimate of drug-likeness (QED) is 0.582. The summed E-state index contributed by atoms with van der Waals surface area (Å²) >= 11 is 6.56. The zero-order valence-electron chi connectivity index (χ0n) is 18.8. The number of carbonyl (C=O) groups excluding carboxylic acids is 1. The summed E-state index contributed by atoms with van der Waals surface area (Å²) in [5, 5.41) is 4.03. The predicted molar refractivity (Wildman–Crippen MR) is 130 cm³/mol. The van der Waals surface area contributed by atoms with E-state index in [2.05, 4.69) is 27.4 Å². The standard InChI is InChI=1S/C25H28ClN5O2/c1-31(2)8-9-33-17-5-3-4-14(11-17)19-12-20-24(29-19)23(18(26)13-28-20)30-22-16-7-6-15(10-16)21(22)25(27)32/h3-7,11,13,15-16,21-22H,8-10,12H2,1-2H3,(H2,27,32)(H,28,30)/t15-,16+,21+,22-/m1/s1. The highest BCUT2D eigenvalue weighted by atomic mass is 35.5. The number of pyridine rings is 1. The van der Waals surface area contributed by atoms with Crippen LogP contribution >= 0.6 is 11.6 Å². The molecular formula is C25H28ClN5O2. The smallest absolute Gasteiger partial charge is 0.223 e. The number of aliphatic imine (C=N–C) groups is 1. The Bertz CT molecular complexity index is 1150. The molecule has 1 aliphatic heterocycles. The molecule has 7 nitrogen and oxygen atoms in total. The molecule has 0 radical (unpaired) electrons. The van der Waals surface area contributed by atoms with Crippen molar-refractivity contribution in [1.29, 1.82) is 0 Å². The fraction of sp³-hybridized carbons (Fsp3) is 0.400. The highest BCUT2D eigenvalue weighted by molar-refractivity contribution is 6.34. The largest absolute Gasteiger partial charge is 0.492 e. The number of hydrogen-bond acceptors (Lipinski definition) is 6. The zero-order valence-corrected chi connectivity index (χ0v) is 19.5. The summed E-state index contributed by atoms with van der Waals surface area (Å²) < 4.78 is 5.89. The molecule has 33 heavy (non-hydrogen) atoms. The number of ether oxygens (including phenoxy) is 1. The van der Waals surface area contributed by atoms with Crippen LogP contribution in [-0.2, 0) is 11.2 Å². The van der Waals surface area contributed by atoms with Crippen molar-refractivity contribution in [3.63, 3.8) is 0 Å². The molecule has 2 heterocycles. The van der Waals surface area contributed by atoms with Gasteiger partial charge in [-0.1, -0.05) is 35.9 Å². The number of aromatic nitrogens is 1. The van der Waals surface area contributed by atoms with Gasteiger partial charge in [-0.3, -0.25) is 9.78 Å². The lowest BCUT2D eigenvalue weighted by Gasteiger charge is -2.28. The maximum atomic E-state index is 12.2. The Labute approximate surface area is 198 Å². The van der Waals surface area contributed by atoms with Gasteiger partial charge in [0.05, 0.1) is 28.0 Å². The van der Waals surface area contributed by atoms with Crippen molar-refractivity contribution in [2.75, 3.05) is 32.6 Å². The van der Waals surface area contributed by atoms with E-state index in [9.17, 15) is 4.79 Å². The van der Waals surface area contributed by atoms with Gasteiger partial charge in [0, 0.05) is 30.8 Å². The Morgan fingerprint density at radius 2 is 2.12 bits per heavy atom. The molecule has 1 saturated carbocycles. The summed E-state index contributed by atoms with van der Waals surface area (Å²) in [7, 11) is 4.04. The highest BCUT2D eigenvalue weighted by Gasteiger charge is 2.48. The van der Waals surface area contributed by atoms with Crippen LogP contribution in [0.3, 0.4) is 0 Å². The number of allylic oxidation sites excluding steroid dienone is 1. The number of carbonyl (C=O) groups is 1. The first-order valence-corrected chi connectivity index (χ1v) is 11.7. The van der Waals surface area contributed by atoms with Crippen LogP contribution in [0, 0.1) is 17.8 Å². The number of hydrogen-bond donors (Lipinski definition) is 2. The maximum Gasteiger partial charge on any atom is 0.223 e. The van der Waals surface area contributed by atoms with Gasteiger partial charge < -0.3 is 20.7 Å². The lowest BCUT2D eigenvalue weighted by Crippen LogP contribution is -2.41. The summed E-state index contributed by atoms with van der Waals surface area (Å²) in [6.45, 7) is 1.46. The van der Waals surface area contributed by atoms with Crippen molar-refractivity contribution in [3.8, 4) is 5.75 Å². The summed E-state index contributed by atoms with van der Waals surface area (Å²) in [5.74, 6) is 0.735. The number of likely N-dealkylation sites (N-methyl/N-ethyl adjacent to an activating group) is 1. The Hall–Kier alpha value is -2.90. The molecule has 1 amide bonds. The first-order chi connectivity index (χ1) is 15.9. The number of nitrogens with zero attached hydrogens (tertiary/aromatic N) is 3. The van der Waals surface area contributed by atoms with E-state index >= 15 is 0 Å². The van der Waals surface area contributed by atoms with E-state index in [4.69, 9.17) is 27.1 Å². The molecule has 3 aliphatic rings. The topological polar surface area (TPSA) is 92.8 Å². The Kier molecular flexibility index (Phi) is 5.85. The molecule has 2 aromatic rings. The van der Waals surface area contributed by atoms with Crippen LogP contribution in [0.25, 0.3) is 0 Å². The number of rotatable bonds is 8. The molecule has 4 atom stereocenters. The number of anilines is 1. The van der Waals surface area contributed by atoms with Gasteiger partial charge in [0.1, 0.15) is 18.0 Å². The van der Waals surface area contributed by atoms with E-state index in [0.29, 0.717) is 18.1 Å². The summed E-state index contributed by atoms with van der Waals surface area (Å²) in [6.07, 6.45) is 7.49. The maximum absolute atomic E-state index is 12.2. The van der Waals surface area contributed by atoms with Crippen molar-refractivity contribution in [2.24, 2.45) is 28.5 Å². The molecule has 172 valence electrons. The molecule has 1 aromatic heterocycles. The number of amides is 1. The lowest BCUT2D eigenvalue weighted by molar-refractivity contribution is -0.122. The second-order valence-corrected chi connectivity index (χ2v) is 9.65. The molecule has 0 saturated heterocycles. The van der Waals surface area contributed by atoms with Gasteiger partial charge in [0.2, 0.25) is 5.91 Å². The van der Waals surface area contributed by atoms with Gasteiger partial charge in [0.15, 0.2) is 0 Å². The van der Waals surface area contributed by atoms with Crippen molar-refractivity contribution < 1.29 is 9.53 Å². The van der Waals surface area contributed by atoms with Gasteiger partial charge in [-0.15, -0.1) is 0 Å². The number of fused-ring (bicyclic) bond motifs is 3. The van der Waals surface area contributed by atoms with Crippen molar-refractivity contribution >= 4 is 34.6 Å². The molecule has 2 bridgehead atoms. The molecular weight excluding hydrogens is 438 g/mol. The van der Waals surface area contributed by atoms with E-state index < -0.39 is 0 Å². The van der Waals surface area contributed by atoms with E-state index in [0.717, 1.165) is 47.1 Å². The molecule has 8 heteroatoms. The number of halogens is 1. The molecule has 1 fully saturated rings. The molecule has 3 N–H and O–H groups in total. The first kappa shape index (κ1) is 21.9. The Morgan fingerprint density at radius 3 is 2.91 bits per heavy atom. The minimum absolute atomic E-state index is 0.0887. The summed E-state index contributed by atoms with van der Waals surface area (Å²) in [6, 6.07) is 7.89. The third-order valence-electron chi connectivity index (χ3n) is 6.74. The SMILES string of the molecule is CN(C)CCOc1cccc(C2=Nc3c(ncc(Cl)c3N[C@H]3[C@@H](C(N)=O)[C@@H]4C=C[C@H]3C4)C2)c1. The average molecular weight is 466 g/mol. The number of benzene rings is 1. The minimum atomic E-state index is -0.276. The number of primary amides is 1. The average Bonchev–Trinajstić information content (AvgIpc) is 3.50. The van der Waals surface area contributed by atoms with E-state index in [-0.39, 0.29) is 29.7 Å². The second-order valence-electron chi connectivity index (χ2n) is 9.24. The van der Waals surface area contributed by atoms with Gasteiger partial charge in [-0.2, -0.15) is 0 Å². The fourth-order valence-electron chi connectivity index (χ4n) is 5.09. The molecule has 5 rings (SSSR count). The monoisotopic (exact) mass is 465 g/mol. The van der Waals surface area contributed by atoms with Crippen LogP contribution in [0.1, 0.15) is 17.7 Å². The third kappa shape index (κ3) is 4.23. The van der Waals surface area contributed by atoms with Crippen LogP contribution in [0.15, 0.2) is 47.6 Å². The normalized spacial score (nSPS) is 24.8. The van der Waals surface area contributed by atoms with E-state index in [1.165, 1.54) is 0 Å². The molecule has 0 spiro atoms. The fourth-order valence-corrected chi connectivity index (χ4v) is 5.28. The first-order valence-electron chi connectivity index (χ1n) is 11.3. The lowest BCUT2D eigenvalue weighted by atomic mass is 9.88. The summed E-state index contributed by atoms with van der Waals surface area (Å²) in [5.41, 5.74) is 9.99. The van der Waals surface area contributed by atoms with Crippen molar-refractivity contribution in [2.45, 2.75) is 18.9 Å². The second kappa shape index (κ2) is 8.80. The Morgan fingerprint density at radius 1 is 1.30 bits per heavy atom.